The number of nitrogens with one attached hydrogen (secondary N) is 1. The highest BCUT2D eigenvalue weighted by atomic mass is 35.5. The molecular weight excluding hydrogens is 487 g/mol. The lowest BCUT2D eigenvalue weighted by Gasteiger charge is -2.29. The Kier molecular flexibility index (Phi) is 6.81. The van der Waals surface area contributed by atoms with E-state index in [0.717, 1.165) is 4.81 Å². The van der Waals surface area contributed by atoms with Gasteiger partial charge in [0.1, 0.15) is 29.6 Å². The van der Waals surface area contributed by atoms with Crippen LogP contribution in [0.25, 0.3) is 0 Å². The molecule has 4 amide bonds. The van der Waals surface area contributed by atoms with Crippen LogP contribution < -0.4 is 21.7 Å². The number of imide groups is 1. The number of amides is 4. The third-order valence-corrected chi connectivity index (χ3v) is 7.36. The number of carbonyl (C=O) groups is 4. The molecule has 2 aromatic carbocycles. The molecule has 182 valence electrons. The highest BCUT2D eigenvalue weighted by molar-refractivity contribution is 6.57. The quantitative estimate of drug-likeness (QED) is 0.336. The SMILES string of the molecule is Bc1cc(Cl)c(B)c(B)c1C(F)(F)C(=O)N(B)Cc1ccc2c(c1)CN(C1CCC(=O)NC1=O)C2=O. The van der Waals surface area contributed by atoms with Crippen molar-refractivity contribution in [1.82, 2.24) is 15.0 Å². The molecule has 14 heteroatoms. The lowest BCUT2D eigenvalue weighted by atomic mass is 9.71. The van der Waals surface area contributed by atoms with Crippen LogP contribution in [0.4, 0.5) is 8.78 Å². The van der Waals surface area contributed by atoms with Crippen molar-refractivity contribution in [2.75, 3.05) is 0 Å². The normalized spacial score (nSPS) is 17.7. The predicted octanol–water partition coefficient (Wildman–Crippen LogP) is -3.46. The number of benzene rings is 2. The molecule has 2 aromatic rings. The summed E-state index contributed by atoms with van der Waals surface area (Å²) in [6.45, 7) is 0.0591. The van der Waals surface area contributed by atoms with Gasteiger partial charge in [0.2, 0.25) is 19.8 Å². The number of nitrogens with zero attached hydrogens (tertiary/aromatic N) is 2. The van der Waals surface area contributed by atoms with E-state index in [9.17, 15) is 19.2 Å². The topological polar surface area (TPSA) is 86.8 Å². The molecule has 0 saturated carbocycles. The van der Waals surface area contributed by atoms with Crippen molar-refractivity contribution in [1.29, 1.82) is 0 Å². The average Bonchev–Trinajstić information content (AvgIpc) is 3.12. The van der Waals surface area contributed by atoms with Crippen molar-refractivity contribution in [3.05, 3.63) is 51.5 Å². The predicted molar refractivity (Wildman–Crippen MR) is 141 cm³/mol. The van der Waals surface area contributed by atoms with E-state index >= 15 is 8.78 Å². The van der Waals surface area contributed by atoms with Crippen molar-refractivity contribution in [3.63, 3.8) is 0 Å². The molecule has 0 aliphatic carbocycles. The Morgan fingerprint density at radius 3 is 2.53 bits per heavy atom. The summed E-state index contributed by atoms with van der Waals surface area (Å²) < 4.78 is 30.8. The first-order chi connectivity index (χ1) is 16.8. The summed E-state index contributed by atoms with van der Waals surface area (Å²) in [7, 11) is 5.96. The molecule has 0 aromatic heterocycles. The van der Waals surface area contributed by atoms with Gasteiger partial charge in [0.05, 0.1) is 0 Å². The van der Waals surface area contributed by atoms with Crippen molar-refractivity contribution in [2.24, 2.45) is 0 Å². The second kappa shape index (κ2) is 9.42. The molecule has 1 fully saturated rings. The molecule has 4 rings (SSSR count). The average molecular weight is 509 g/mol. The van der Waals surface area contributed by atoms with Gasteiger partial charge in [-0.05, 0) is 29.7 Å². The Bertz CT molecular complexity index is 1330. The Balaban J connectivity index is 1.52. The Labute approximate surface area is 215 Å². The van der Waals surface area contributed by atoms with Gasteiger partial charge in [-0.1, -0.05) is 40.1 Å². The van der Waals surface area contributed by atoms with Crippen LogP contribution in [0.5, 0.6) is 0 Å². The van der Waals surface area contributed by atoms with Gasteiger partial charge >= 0.3 is 5.92 Å². The first-order valence-corrected chi connectivity index (χ1v) is 11.9. The van der Waals surface area contributed by atoms with Crippen LogP contribution >= 0.6 is 11.6 Å². The number of halogens is 3. The number of carbonyl (C=O) groups excluding carboxylic acids is 4. The maximum Gasteiger partial charge on any atom is 0.347 e. The van der Waals surface area contributed by atoms with Crippen LogP contribution in [0, 0.1) is 0 Å². The fraction of sp³-hybridized carbons (Fsp3) is 0.273. The lowest BCUT2D eigenvalue weighted by Crippen LogP contribution is -2.52. The lowest BCUT2D eigenvalue weighted by molar-refractivity contribution is -0.153. The number of piperidine rings is 1. The van der Waals surface area contributed by atoms with Crippen LogP contribution in [-0.2, 0) is 33.4 Å². The Hall–Kier alpha value is -3.07. The summed E-state index contributed by atoms with van der Waals surface area (Å²) in [5, 5.41) is 2.62. The molecule has 2 aliphatic rings. The minimum atomic E-state index is -3.76. The zero-order valence-electron chi connectivity index (χ0n) is 20.4. The number of rotatable bonds is 5. The minimum absolute atomic E-state index is 0.0982. The minimum Gasteiger partial charge on any atom is -0.384 e. The fourth-order valence-electron chi connectivity index (χ4n) is 4.93. The summed E-state index contributed by atoms with van der Waals surface area (Å²) in [5.74, 6) is -6.31. The van der Waals surface area contributed by atoms with E-state index < -0.39 is 23.8 Å². The van der Waals surface area contributed by atoms with Gasteiger partial charge in [0.15, 0.2) is 0 Å². The van der Waals surface area contributed by atoms with Gasteiger partial charge in [-0.2, -0.15) is 8.78 Å². The van der Waals surface area contributed by atoms with E-state index in [4.69, 9.17) is 11.6 Å². The zero-order valence-corrected chi connectivity index (χ0v) is 21.1. The summed E-state index contributed by atoms with van der Waals surface area (Å²) in [5.41, 5.74) is 2.27. The first kappa shape index (κ1) is 26.0. The van der Waals surface area contributed by atoms with Crippen molar-refractivity contribution in [2.45, 2.75) is 37.9 Å². The molecule has 1 N–H and O–H groups in total. The van der Waals surface area contributed by atoms with Gasteiger partial charge in [0.25, 0.3) is 11.8 Å². The molecule has 0 radical (unpaired) electrons. The molecule has 7 nitrogen and oxygen atoms in total. The molecular formula is C22H22B4ClF2N3O4. The fourth-order valence-corrected chi connectivity index (χ4v) is 5.24. The molecule has 1 saturated heterocycles. The second-order valence-corrected chi connectivity index (χ2v) is 9.83. The van der Waals surface area contributed by atoms with E-state index in [1.807, 2.05) is 0 Å². The van der Waals surface area contributed by atoms with Crippen LogP contribution in [0.15, 0.2) is 24.3 Å². The van der Waals surface area contributed by atoms with Crippen LogP contribution in [0.2, 0.25) is 5.02 Å². The number of fused-ring (bicyclic) bond motifs is 1. The van der Waals surface area contributed by atoms with Crippen LogP contribution in [0.3, 0.4) is 0 Å². The monoisotopic (exact) mass is 509 g/mol. The van der Waals surface area contributed by atoms with E-state index in [1.54, 1.807) is 26.0 Å². The van der Waals surface area contributed by atoms with Gasteiger partial charge in [-0.3, -0.25) is 24.5 Å². The van der Waals surface area contributed by atoms with Gasteiger partial charge < -0.3 is 9.71 Å². The molecule has 1 unspecified atom stereocenters. The van der Waals surface area contributed by atoms with Crippen LogP contribution in [-0.4, -0.2) is 70.9 Å². The van der Waals surface area contributed by atoms with Gasteiger partial charge in [-0.15, -0.1) is 0 Å². The molecule has 0 spiro atoms. The molecule has 36 heavy (non-hydrogen) atoms. The molecule has 2 heterocycles. The van der Waals surface area contributed by atoms with E-state index in [1.165, 1.54) is 34.6 Å². The molecule has 1 atom stereocenters. The zero-order chi connectivity index (χ0) is 26.5. The summed E-state index contributed by atoms with van der Waals surface area (Å²) in [6, 6.07) is 5.56. The molecule has 2 aliphatic heterocycles. The Morgan fingerprint density at radius 1 is 1.17 bits per heavy atom. The first-order valence-electron chi connectivity index (χ1n) is 11.5. The van der Waals surface area contributed by atoms with Gasteiger partial charge in [-0.25, -0.2) is 0 Å². The Morgan fingerprint density at radius 2 is 1.86 bits per heavy atom. The third kappa shape index (κ3) is 4.45. The second-order valence-electron chi connectivity index (χ2n) is 9.43. The number of alkyl halides is 2. The van der Waals surface area contributed by atoms with Crippen molar-refractivity contribution >= 4 is 83.1 Å². The highest BCUT2D eigenvalue weighted by Gasteiger charge is 2.45. The smallest absolute Gasteiger partial charge is 0.347 e. The third-order valence-electron chi connectivity index (χ3n) is 6.97. The van der Waals surface area contributed by atoms with Crippen LogP contribution in [0.1, 0.15) is 39.9 Å². The standard InChI is InChI=1S/C22H22B4ClF2N3O4/c23-12-6-13(27)17(24)18(25)16(12)22(28,29)21(36)32(26)7-9-1-2-11-10(5-9)8-31(20(11)35)14-3-4-15(33)30-19(14)34/h1-2,5-6,14H,3-4,7-8,23-26H2,(H,30,33,34). The largest absolute Gasteiger partial charge is 0.384 e. The number of hydrogen-bond acceptors (Lipinski definition) is 4. The highest BCUT2D eigenvalue weighted by Crippen LogP contribution is 2.30. The summed E-state index contributed by atoms with van der Waals surface area (Å²) in [4.78, 5) is 51.8. The number of hydrogen-bond donors (Lipinski definition) is 1. The maximum atomic E-state index is 15.4. The molecule has 0 bridgehead atoms. The van der Waals surface area contributed by atoms with E-state index in [0.29, 0.717) is 27.2 Å². The summed E-state index contributed by atoms with van der Waals surface area (Å²) >= 11 is 6.12. The van der Waals surface area contributed by atoms with E-state index in [2.05, 4.69) is 5.32 Å². The van der Waals surface area contributed by atoms with Crippen molar-refractivity contribution < 1.29 is 28.0 Å². The van der Waals surface area contributed by atoms with E-state index in [-0.39, 0.29) is 54.2 Å². The maximum absolute atomic E-state index is 15.4. The van der Waals surface area contributed by atoms with Crippen molar-refractivity contribution in [3.8, 4) is 0 Å². The summed E-state index contributed by atoms with van der Waals surface area (Å²) in [6.07, 6.45) is 0.390. The van der Waals surface area contributed by atoms with Gasteiger partial charge in [0, 0.05) is 35.7 Å².